The highest BCUT2D eigenvalue weighted by atomic mass is 32.2. The average molecular weight is 483 g/mol. The fraction of sp³-hybridized carbons (Fsp3) is 0.115. The Hall–Kier alpha value is -4.08. The fourth-order valence-corrected chi connectivity index (χ4v) is 5.66. The number of hydrogen-bond donors (Lipinski definition) is 2. The van der Waals surface area contributed by atoms with Gasteiger partial charge in [-0.15, -0.1) is 0 Å². The Bertz CT molecular complexity index is 1660. The van der Waals surface area contributed by atoms with Gasteiger partial charge in [0.1, 0.15) is 5.82 Å². The molecule has 0 unspecified atom stereocenters. The van der Waals surface area contributed by atoms with Crippen molar-refractivity contribution in [3.05, 3.63) is 95.8 Å². The van der Waals surface area contributed by atoms with Gasteiger partial charge >= 0.3 is 0 Å². The van der Waals surface area contributed by atoms with Gasteiger partial charge in [-0.1, -0.05) is 29.8 Å². The molecule has 6 rings (SSSR count). The molecule has 2 N–H and O–H groups in total. The number of aromatic nitrogens is 4. The number of aromatic amines is 1. The van der Waals surface area contributed by atoms with Gasteiger partial charge in [0.2, 0.25) is 10.0 Å². The standard InChI is InChI=1S/C26H22N6O2S/c1-17-2-7-23(8-3-17)35(33,34)32-15-19-5-4-18(12-21(19)16-32)26-27-11-10-25(30-26)29-22-6-9-24-20(13-22)14-28-31-24/h2-14H,15-16H2,1H3,(H,28,31)(H,27,29,30). The Morgan fingerprint density at radius 1 is 0.943 bits per heavy atom. The van der Waals surface area contributed by atoms with Gasteiger partial charge in [-0.3, -0.25) is 5.10 Å². The lowest BCUT2D eigenvalue weighted by atomic mass is 10.1. The van der Waals surface area contributed by atoms with E-state index in [9.17, 15) is 8.42 Å². The zero-order chi connectivity index (χ0) is 24.0. The Morgan fingerprint density at radius 2 is 1.77 bits per heavy atom. The minimum atomic E-state index is -3.57. The average Bonchev–Trinajstić information content (AvgIpc) is 3.51. The summed E-state index contributed by atoms with van der Waals surface area (Å²) in [5.74, 6) is 1.24. The summed E-state index contributed by atoms with van der Waals surface area (Å²) in [5, 5.41) is 11.3. The largest absolute Gasteiger partial charge is 0.340 e. The number of nitrogens with one attached hydrogen (secondary N) is 2. The normalized spacial score (nSPS) is 13.7. The minimum Gasteiger partial charge on any atom is -0.340 e. The van der Waals surface area contributed by atoms with E-state index < -0.39 is 10.0 Å². The molecule has 0 saturated heterocycles. The van der Waals surface area contributed by atoms with Crippen molar-refractivity contribution in [2.75, 3.05) is 5.32 Å². The van der Waals surface area contributed by atoms with Crippen LogP contribution in [-0.2, 0) is 23.1 Å². The summed E-state index contributed by atoms with van der Waals surface area (Å²) in [6, 6.07) is 20.6. The molecular weight excluding hydrogens is 460 g/mol. The summed E-state index contributed by atoms with van der Waals surface area (Å²) >= 11 is 0. The van der Waals surface area contributed by atoms with Crippen LogP contribution in [0.4, 0.5) is 11.5 Å². The van der Waals surface area contributed by atoms with Crippen molar-refractivity contribution in [2.45, 2.75) is 24.9 Å². The molecule has 2 aromatic heterocycles. The topological polar surface area (TPSA) is 104 Å². The lowest BCUT2D eigenvalue weighted by Crippen LogP contribution is -2.25. The van der Waals surface area contributed by atoms with E-state index in [4.69, 9.17) is 0 Å². The van der Waals surface area contributed by atoms with E-state index >= 15 is 0 Å². The third-order valence-corrected chi connectivity index (χ3v) is 7.99. The van der Waals surface area contributed by atoms with Crippen LogP contribution in [0.2, 0.25) is 0 Å². The zero-order valence-electron chi connectivity index (χ0n) is 18.9. The lowest BCUT2D eigenvalue weighted by Gasteiger charge is -2.15. The van der Waals surface area contributed by atoms with Crippen molar-refractivity contribution in [1.29, 1.82) is 0 Å². The number of rotatable bonds is 5. The van der Waals surface area contributed by atoms with Gasteiger partial charge in [0.05, 0.1) is 16.6 Å². The maximum absolute atomic E-state index is 13.1. The van der Waals surface area contributed by atoms with Crippen LogP contribution >= 0.6 is 0 Å². The van der Waals surface area contributed by atoms with E-state index in [0.29, 0.717) is 29.6 Å². The van der Waals surface area contributed by atoms with E-state index in [2.05, 4.69) is 25.5 Å². The van der Waals surface area contributed by atoms with Crippen LogP contribution in [0.5, 0.6) is 0 Å². The smallest absolute Gasteiger partial charge is 0.243 e. The van der Waals surface area contributed by atoms with Crippen molar-refractivity contribution in [3.8, 4) is 11.4 Å². The SMILES string of the molecule is Cc1ccc(S(=O)(=O)N2Cc3ccc(-c4nccc(Nc5ccc6[nH]ncc6c5)n4)cc3C2)cc1. The summed E-state index contributed by atoms with van der Waals surface area (Å²) in [4.78, 5) is 9.43. The highest BCUT2D eigenvalue weighted by Crippen LogP contribution is 2.31. The molecule has 0 spiro atoms. The highest BCUT2D eigenvalue weighted by Gasteiger charge is 2.30. The summed E-state index contributed by atoms with van der Waals surface area (Å²) in [6.07, 6.45) is 3.49. The Morgan fingerprint density at radius 3 is 2.63 bits per heavy atom. The molecular formula is C26H22N6O2S. The second kappa shape index (κ2) is 8.30. The van der Waals surface area contributed by atoms with Crippen LogP contribution in [0.3, 0.4) is 0 Å². The van der Waals surface area contributed by atoms with E-state index in [-0.39, 0.29) is 0 Å². The lowest BCUT2D eigenvalue weighted by molar-refractivity contribution is 0.431. The molecule has 174 valence electrons. The van der Waals surface area contributed by atoms with E-state index in [1.807, 2.05) is 61.5 Å². The number of benzene rings is 3. The second-order valence-corrected chi connectivity index (χ2v) is 10.6. The number of hydrogen-bond acceptors (Lipinski definition) is 6. The van der Waals surface area contributed by atoms with Gasteiger partial charge in [-0.05, 0) is 60.5 Å². The monoisotopic (exact) mass is 482 g/mol. The van der Waals surface area contributed by atoms with Gasteiger partial charge in [0.15, 0.2) is 5.82 Å². The summed E-state index contributed by atoms with van der Waals surface area (Å²) < 4.78 is 27.8. The first-order valence-electron chi connectivity index (χ1n) is 11.2. The van der Waals surface area contributed by atoms with Crippen molar-refractivity contribution < 1.29 is 8.42 Å². The first-order valence-corrected chi connectivity index (χ1v) is 12.6. The molecule has 9 heteroatoms. The third kappa shape index (κ3) is 4.05. The fourth-order valence-electron chi connectivity index (χ4n) is 4.27. The number of nitrogens with zero attached hydrogens (tertiary/aromatic N) is 4. The molecule has 5 aromatic rings. The molecule has 3 heterocycles. The summed E-state index contributed by atoms with van der Waals surface area (Å²) in [6.45, 7) is 2.61. The van der Waals surface area contributed by atoms with Gasteiger partial charge < -0.3 is 5.32 Å². The Balaban J connectivity index is 1.24. The van der Waals surface area contributed by atoms with E-state index in [1.165, 1.54) is 4.31 Å². The zero-order valence-corrected chi connectivity index (χ0v) is 19.7. The van der Waals surface area contributed by atoms with Gasteiger partial charge in [0, 0.05) is 35.9 Å². The number of anilines is 2. The number of sulfonamides is 1. The first-order chi connectivity index (χ1) is 17.0. The number of fused-ring (bicyclic) bond motifs is 2. The molecule has 3 aromatic carbocycles. The first kappa shape index (κ1) is 21.5. The van der Waals surface area contributed by atoms with Crippen LogP contribution in [0, 0.1) is 6.92 Å². The van der Waals surface area contributed by atoms with Gasteiger partial charge in [0.25, 0.3) is 0 Å². The maximum Gasteiger partial charge on any atom is 0.243 e. The molecule has 0 aliphatic carbocycles. The third-order valence-electron chi connectivity index (χ3n) is 6.18. The van der Waals surface area contributed by atoms with E-state index in [1.54, 1.807) is 24.5 Å². The molecule has 0 bridgehead atoms. The molecule has 1 aliphatic heterocycles. The Labute approximate surface area is 202 Å². The maximum atomic E-state index is 13.1. The predicted octanol–water partition coefficient (Wildman–Crippen LogP) is 4.78. The summed E-state index contributed by atoms with van der Waals surface area (Å²) in [5.41, 5.74) is 5.69. The van der Waals surface area contributed by atoms with E-state index in [0.717, 1.165) is 38.8 Å². The minimum absolute atomic E-state index is 0.312. The molecule has 1 aliphatic rings. The van der Waals surface area contributed by atoms with Crippen LogP contribution < -0.4 is 5.32 Å². The van der Waals surface area contributed by atoms with Crippen molar-refractivity contribution in [3.63, 3.8) is 0 Å². The summed E-state index contributed by atoms with van der Waals surface area (Å²) in [7, 11) is -3.57. The molecule has 0 fully saturated rings. The number of H-pyrrole nitrogens is 1. The van der Waals surface area contributed by atoms with Gasteiger partial charge in [-0.2, -0.15) is 9.40 Å². The van der Waals surface area contributed by atoms with Crippen LogP contribution in [-0.4, -0.2) is 32.9 Å². The van der Waals surface area contributed by atoms with Crippen molar-refractivity contribution in [2.24, 2.45) is 0 Å². The van der Waals surface area contributed by atoms with Crippen LogP contribution in [0.1, 0.15) is 16.7 Å². The van der Waals surface area contributed by atoms with Crippen molar-refractivity contribution in [1.82, 2.24) is 24.5 Å². The molecule has 8 nitrogen and oxygen atoms in total. The second-order valence-electron chi connectivity index (χ2n) is 8.63. The molecule has 0 amide bonds. The Kier molecular flexibility index (Phi) is 5.09. The molecule has 35 heavy (non-hydrogen) atoms. The van der Waals surface area contributed by atoms with Crippen LogP contribution in [0.25, 0.3) is 22.3 Å². The van der Waals surface area contributed by atoms with Crippen LogP contribution in [0.15, 0.2) is 84.0 Å². The molecule has 0 saturated carbocycles. The van der Waals surface area contributed by atoms with Crippen molar-refractivity contribution >= 4 is 32.4 Å². The number of aryl methyl sites for hydroxylation is 1. The molecule has 0 atom stereocenters. The highest BCUT2D eigenvalue weighted by molar-refractivity contribution is 7.89. The predicted molar refractivity (Wildman–Crippen MR) is 134 cm³/mol. The molecule has 0 radical (unpaired) electrons. The quantitative estimate of drug-likeness (QED) is 0.374. The van der Waals surface area contributed by atoms with Gasteiger partial charge in [-0.25, -0.2) is 18.4 Å².